The zero-order valence-corrected chi connectivity index (χ0v) is 25.5. The van der Waals surface area contributed by atoms with Crippen LogP contribution in [-0.4, -0.2) is 67.9 Å². The highest BCUT2D eigenvalue weighted by atomic mass is 19.4. The molecule has 5 N–H and O–H groups in total. The van der Waals surface area contributed by atoms with E-state index in [0.29, 0.717) is 37.9 Å². The number of carbonyl (C=O) groups is 3. The maximum Gasteiger partial charge on any atom is 0.422 e. The average molecular weight is 623 g/mol. The van der Waals surface area contributed by atoms with Gasteiger partial charge in [0.25, 0.3) is 5.91 Å². The highest BCUT2D eigenvalue weighted by Crippen LogP contribution is 2.34. The number of carbonyl (C=O) groups excluding carboxylic acids is 3. The lowest BCUT2D eigenvalue weighted by Gasteiger charge is -2.26. The van der Waals surface area contributed by atoms with E-state index < -0.39 is 36.4 Å². The van der Waals surface area contributed by atoms with Gasteiger partial charge in [0.15, 0.2) is 18.1 Å². The molecule has 1 aliphatic heterocycles. The van der Waals surface area contributed by atoms with Gasteiger partial charge in [-0.05, 0) is 76.3 Å². The Morgan fingerprint density at radius 3 is 2.36 bits per heavy atom. The van der Waals surface area contributed by atoms with Crippen LogP contribution in [0.4, 0.5) is 18.9 Å². The molecule has 2 unspecified atom stereocenters. The number of esters is 1. The van der Waals surface area contributed by atoms with Gasteiger partial charge in [0.1, 0.15) is 5.60 Å². The Balaban J connectivity index is 1.73. The molecule has 1 heterocycles. The number of nitrogens with two attached hydrogens (primary N) is 2. The number of fused-ring (bicyclic) bond motifs is 1. The van der Waals surface area contributed by atoms with Crippen molar-refractivity contribution in [1.82, 2.24) is 5.32 Å². The molecule has 0 bridgehead atoms. The number of benzene rings is 2. The van der Waals surface area contributed by atoms with Crippen molar-refractivity contribution in [3.8, 4) is 11.5 Å². The van der Waals surface area contributed by atoms with Gasteiger partial charge in [-0.15, -0.1) is 0 Å². The number of amides is 2. The SMILES string of the molecule is CC(Cc1cc2c(c(C(N)=O)c1)N(CCCC(N)=O)CC2)NCC(Oc1ccccc1OCC(F)(F)F)C(=O)OC(C)(C)C. The first kappa shape index (κ1) is 34.5. The predicted molar refractivity (Wildman–Crippen MR) is 159 cm³/mol. The Labute approximate surface area is 255 Å². The highest BCUT2D eigenvalue weighted by Gasteiger charge is 2.31. The number of hydrogen-bond acceptors (Lipinski definition) is 8. The Morgan fingerprint density at radius 2 is 1.75 bits per heavy atom. The first-order valence-electron chi connectivity index (χ1n) is 14.4. The van der Waals surface area contributed by atoms with Gasteiger partial charge in [-0.2, -0.15) is 13.2 Å². The quantitative estimate of drug-likeness (QED) is 0.255. The Morgan fingerprint density at radius 1 is 1.07 bits per heavy atom. The number of nitrogens with zero attached hydrogens (tertiary/aromatic N) is 1. The molecule has 1 aliphatic rings. The molecule has 44 heavy (non-hydrogen) atoms. The van der Waals surface area contributed by atoms with Crippen molar-refractivity contribution in [3.05, 3.63) is 53.1 Å². The summed E-state index contributed by atoms with van der Waals surface area (Å²) in [4.78, 5) is 38.7. The van der Waals surface area contributed by atoms with Gasteiger partial charge >= 0.3 is 12.1 Å². The predicted octanol–water partition coefficient (Wildman–Crippen LogP) is 3.66. The molecule has 0 fully saturated rings. The number of nitrogens with one attached hydrogen (secondary N) is 1. The molecule has 0 aromatic heterocycles. The summed E-state index contributed by atoms with van der Waals surface area (Å²) in [6.07, 6.45) is -3.76. The molecule has 2 atom stereocenters. The number of anilines is 1. The molecular weight excluding hydrogens is 581 g/mol. The van der Waals surface area contributed by atoms with Gasteiger partial charge in [0.05, 0.1) is 11.3 Å². The number of halogens is 3. The molecule has 242 valence electrons. The topological polar surface area (TPSA) is 146 Å². The van der Waals surface area contributed by atoms with E-state index in [4.69, 9.17) is 25.7 Å². The Hall–Kier alpha value is -4.00. The molecule has 10 nitrogen and oxygen atoms in total. The van der Waals surface area contributed by atoms with Crippen LogP contribution >= 0.6 is 0 Å². The standard InChI is InChI=1S/C31H41F3N4O6/c1-19(14-20-15-21-11-13-38(12-7-10-26(35)39)27(21)22(16-20)28(36)40)37-17-25(29(41)44-30(2,3)4)43-24-9-6-5-8-23(24)42-18-31(32,33)34/h5-6,8-9,15-16,19,25,37H,7,10-14,17-18H2,1-4H3,(H2,35,39)(H2,36,40). The van der Waals surface area contributed by atoms with Crippen LogP contribution in [0.3, 0.4) is 0 Å². The van der Waals surface area contributed by atoms with E-state index in [2.05, 4.69) is 5.32 Å². The van der Waals surface area contributed by atoms with Crippen molar-refractivity contribution in [1.29, 1.82) is 0 Å². The van der Waals surface area contributed by atoms with Crippen LogP contribution in [0.1, 0.15) is 62.0 Å². The van der Waals surface area contributed by atoms with Crippen LogP contribution in [0, 0.1) is 0 Å². The number of hydrogen-bond donors (Lipinski definition) is 3. The normalized spacial score (nSPS) is 14.5. The first-order valence-corrected chi connectivity index (χ1v) is 14.4. The first-order chi connectivity index (χ1) is 20.5. The smallest absolute Gasteiger partial charge is 0.422 e. The summed E-state index contributed by atoms with van der Waals surface area (Å²) >= 11 is 0. The van der Waals surface area contributed by atoms with Crippen LogP contribution in [0.15, 0.2) is 36.4 Å². The monoisotopic (exact) mass is 622 g/mol. The second-order valence-corrected chi connectivity index (χ2v) is 11.8. The van der Waals surface area contributed by atoms with Crippen molar-refractivity contribution in [2.24, 2.45) is 11.5 Å². The molecule has 2 aromatic rings. The minimum atomic E-state index is -4.55. The van der Waals surface area contributed by atoms with E-state index in [1.54, 1.807) is 32.9 Å². The minimum absolute atomic E-state index is 0.0229. The van der Waals surface area contributed by atoms with Gasteiger partial charge in [-0.1, -0.05) is 18.2 Å². The van der Waals surface area contributed by atoms with E-state index in [1.165, 1.54) is 18.2 Å². The fourth-order valence-corrected chi connectivity index (χ4v) is 4.92. The zero-order chi connectivity index (χ0) is 32.7. The van der Waals surface area contributed by atoms with Gasteiger partial charge < -0.3 is 35.9 Å². The van der Waals surface area contributed by atoms with Crippen molar-refractivity contribution in [2.45, 2.75) is 77.3 Å². The summed E-state index contributed by atoms with van der Waals surface area (Å²) in [7, 11) is 0. The average Bonchev–Trinajstić information content (AvgIpc) is 3.30. The van der Waals surface area contributed by atoms with E-state index >= 15 is 0 Å². The van der Waals surface area contributed by atoms with Gasteiger partial charge in [0.2, 0.25) is 12.0 Å². The van der Waals surface area contributed by atoms with Crippen LogP contribution in [0.5, 0.6) is 11.5 Å². The lowest BCUT2D eigenvalue weighted by Crippen LogP contribution is -2.44. The van der Waals surface area contributed by atoms with Crippen LogP contribution < -0.4 is 31.2 Å². The van der Waals surface area contributed by atoms with Gasteiger partial charge in [0, 0.05) is 32.1 Å². The fraction of sp³-hybridized carbons (Fsp3) is 0.516. The highest BCUT2D eigenvalue weighted by molar-refractivity contribution is 6.00. The van der Waals surface area contributed by atoms with Crippen LogP contribution in [0.2, 0.25) is 0 Å². The molecule has 0 radical (unpaired) electrons. The molecule has 13 heteroatoms. The minimum Gasteiger partial charge on any atom is -0.480 e. The van der Waals surface area contributed by atoms with Gasteiger partial charge in [-0.25, -0.2) is 4.79 Å². The van der Waals surface area contributed by atoms with Crippen molar-refractivity contribution in [2.75, 3.05) is 31.1 Å². The summed E-state index contributed by atoms with van der Waals surface area (Å²) in [6, 6.07) is 9.35. The second-order valence-electron chi connectivity index (χ2n) is 11.8. The summed E-state index contributed by atoms with van der Waals surface area (Å²) in [5.74, 6) is -1.84. The summed E-state index contributed by atoms with van der Waals surface area (Å²) in [6.45, 7) is 6.70. The van der Waals surface area contributed by atoms with Gasteiger partial charge in [-0.3, -0.25) is 9.59 Å². The summed E-state index contributed by atoms with van der Waals surface area (Å²) < 4.78 is 54.6. The molecule has 2 aromatic carbocycles. The lowest BCUT2D eigenvalue weighted by molar-refractivity contribution is -0.164. The second kappa shape index (κ2) is 14.7. The molecule has 2 amide bonds. The van der Waals surface area contributed by atoms with E-state index in [1.807, 2.05) is 17.9 Å². The number of ether oxygens (including phenoxy) is 3. The Bertz CT molecular complexity index is 1330. The van der Waals surface area contributed by atoms with E-state index in [9.17, 15) is 27.6 Å². The lowest BCUT2D eigenvalue weighted by atomic mass is 9.98. The molecule has 0 aliphatic carbocycles. The molecule has 0 spiro atoms. The number of rotatable bonds is 15. The van der Waals surface area contributed by atoms with Crippen molar-refractivity contribution in [3.63, 3.8) is 0 Å². The third kappa shape index (κ3) is 10.6. The molecule has 0 saturated carbocycles. The molecule has 3 rings (SSSR count). The Kier molecular flexibility index (Phi) is 11.5. The summed E-state index contributed by atoms with van der Waals surface area (Å²) in [5, 5.41) is 3.24. The molecule has 0 saturated heterocycles. The maximum atomic E-state index is 13.1. The van der Waals surface area contributed by atoms with E-state index in [0.717, 1.165) is 16.8 Å². The van der Waals surface area contributed by atoms with Crippen molar-refractivity contribution < 1.29 is 41.8 Å². The van der Waals surface area contributed by atoms with E-state index in [-0.39, 0.29) is 36.4 Å². The number of para-hydroxylation sites is 2. The van der Waals surface area contributed by atoms with Crippen LogP contribution in [-0.2, 0) is 27.2 Å². The van der Waals surface area contributed by atoms with Crippen LogP contribution in [0.25, 0.3) is 0 Å². The fourth-order valence-electron chi connectivity index (χ4n) is 4.92. The third-order valence-electron chi connectivity index (χ3n) is 6.71. The molecular formula is C31H41F3N4O6. The van der Waals surface area contributed by atoms with Crippen molar-refractivity contribution >= 4 is 23.5 Å². The zero-order valence-electron chi connectivity index (χ0n) is 25.5. The maximum absolute atomic E-state index is 13.1. The number of alkyl halides is 3. The summed E-state index contributed by atoms with van der Waals surface area (Å²) in [5.41, 5.74) is 13.2. The largest absolute Gasteiger partial charge is 0.480 e. The third-order valence-corrected chi connectivity index (χ3v) is 6.71. The number of primary amides is 2.